The Labute approximate surface area is 165 Å². The first-order valence-electron chi connectivity index (χ1n) is 10.3. The second-order valence-electron chi connectivity index (χ2n) is 9.66. The van der Waals surface area contributed by atoms with Gasteiger partial charge in [-0.3, -0.25) is 0 Å². The minimum absolute atomic E-state index is 0.0712. The molecule has 3 saturated carbocycles. The van der Waals surface area contributed by atoms with Gasteiger partial charge in [-0.2, -0.15) is 0 Å². The molecule has 3 fully saturated rings. The Morgan fingerprint density at radius 1 is 1.23 bits per heavy atom. The van der Waals surface area contributed by atoms with E-state index >= 15 is 0 Å². The number of carbonyl (C=O) groups excluding carboxylic acids is 1. The Kier molecular flexibility index (Phi) is 4.60. The number of fused-ring (bicyclic) bond motifs is 5. The van der Waals surface area contributed by atoms with Gasteiger partial charge in [-0.05, 0) is 0 Å². The zero-order valence-electron chi connectivity index (χ0n) is 16.3. The molecule has 2 nitrogen and oxygen atoms in total. The van der Waals surface area contributed by atoms with Crippen molar-refractivity contribution in [1.82, 2.24) is 0 Å². The van der Waals surface area contributed by atoms with Gasteiger partial charge in [0.1, 0.15) is 0 Å². The van der Waals surface area contributed by atoms with E-state index < -0.39 is 6.61 Å². The average molecular weight is 422 g/mol. The molecule has 4 aliphatic carbocycles. The van der Waals surface area contributed by atoms with Gasteiger partial charge in [-0.15, -0.1) is 0 Å². The predicted molar refractivity (Wildman–Crippen MR) is 104 cm³/mol. The fourth-order valence-electron chi connectivity index (χ4n) is 7.45. The Balaban J connectivity index is 1.74. The van der Waals surface area contributed by atoms with E-state index in [0.717, 1.165) is 48.5 Å². The van der Waals surface area contributed by atoms with Gasteiger partial charge in [-0.1, -0.05) is 0 Å². The normalized spacial score (nSPS) is 47.4. The minimum atomic E-state index is -0.448. The molecular weight excluding hydrogens is 390 g/mol. The van der Waals surface area contributed by atoms with Crippen molar-refractivity contribution in [2.24, 2.45) is 34.5 Å². The zero-order valence-corrected chi connectivity index (χ0v) is 18.7. The Morgan fingerprint density at radius 2 is 1.96 bits per heavy atom. The van der Waals surface area contributed by atoms with Crippen molar-refractivity contribution in [2.75, 3.05) is 6.61 Å². The average Bonchev–Trinajstić information content (AvgIpc) is 2.97. The molecule has 0 aromatic carbocycles. The van der Waals surface area contributed by atoms with Crippen LogP contribution in [-0.2, 0) is 4.79 Å². The third-order valence-electron chi connectivity index (χ3n) is 8.98. The molecule has 0 spiro atoms. The van der Waals surface area contributed by atoms with Gasteiger partial charge in [-0.25, -0.2) is 0 Å². The molecule has 0 saturated heterocycles. The number of halogens is 1. The molecule has 0 bridgehead atoms. The molecule has 0 aliphatic heterocycles. The van der Waals surface area contributed by atoms with Gasteiger partial charge in [0.25, 0.3) is 0 Å². The number of carbonyl (C=O) groups is 1. The zero-order chi connectivity index (χ0) is 18.9. The summed E-state index contributed by atoms with van der Waals surface area (Å²) in [7, 11) is 0. The predicted octanol–water partition coefficient (Wildman–Crippen LogP) is 3.94. The third kappa shape index (κ3) is 2.35. The molecule has 0 radical (unpaired) electrons. The Morgan fingerprint density at radius 3 is 2.65 bits per heavy atom. The molecule has 0 heterocycles. The van der Waals surface area contributed by atoms with E-state index in [4.69, 9.17) is 0 Å². The van der Waals surface area contributed by atoms with Crippen molar-refractivity contribution in [3.63, 3.8) is 0 Å². The van der Waals surface area contributed by atoms with Crippen LogP contribution < -0.4 is 0 Å². The van der Waals surface area contributed by atoms with Gasteiger partial charge in [0.2, 0.25) is 0 Å². The summed E-state index contributed by atoms with van der Waals surface area (Å²) in [4.78, 5) is 12.4. The molecule has 0 aromatic rings. The molecular formula is C22H32AsFO2. The summed E-state index contributed by atoms with van der Waals surface area (Å²) >= 11 is 1.52. The fraction of sp³-hybridized carbons (Fsp3) is 0.773. The molecule has 4 heteroatoms. The van der Waals surface area contributed by atoms with Crippen LogP contribution in [0.1, 0.15) is 65.7 Å². The molecule has 7 atom stereocenters. The third-order valence-corrected chi connectivity index (χ3v) is 10.4. The standard InChI is InChI=1S/C22H32AsFO2/c1-12-10-19(26)20(23)17-5-4-13-14-6-7-16(18(24)11-25)21(14,2)9-8-15(13)22(12,17)3/h12-15,25H,4-11,23H2,1-3H3/t12?,13-,14-,15-,21-,22+/m0/s1. The number of aliphatic hydroxyl groups excluding tert-OH is 1. The number of allylic oxidation sites excluding steroid dienone is 2. The molecule has 2 unspecified atom stereocenters. The maximum absolute atomic E-state index is 14.4. The molecule has 0 amide bonds. The monoisotopic (exact) mass is 422 g/mol. The van der Waals surface area contributed by atoms with Crippen LogP contribution >= 0.6 is 0 Å². The van der Waals surface area contributed by atoms with Gasteiger partial charge in [0.15, 0.2) is 0 Å². The van der Waals surface area contributed by atoms with Crippen molar-refractivity contribution in [3.8, 4) is 0 Å². The van der Waals surface area contributed by atoms with E-state index in [2.05, 4.69) is 20.8 Å². The number of rotatable bonds is 1. The van der Waals surface area contributed by atoms with Crippen LogP contribution in [0.5, 0.6) is 0 Å². The van der Waals surface area contributed by atoms with Gasteiger partial charge in [0, 0.05) is 0 Å². The van der Waals surface area contributed by atoms with Crippen molar-refractivity contribution < 1.29 is 14.3 Å². The van der Waals surface area contributed by atoms with E-state index in [9.17, 15) is 14.3 Å². The van der Waals surface area contributed by atoms with E-state index in [-0.39, 0.29) is 16.7 Å². The maximum atomic E-state index is 14.4. The second-order valence-corrected chi connectivity index (χ2v) is 10.9. The van der Waals surface area contributed by atoms with Crippen molar-refractivity contribution >= 4 is 22.6 Å². The summed E-state index contributed by atoms with van der Waals surface area (Å²) in [6, 6.07) is 0. The molecule has 4 aliphatic rings. The van der Waals surface area contributed by atoms with Gasteiger partial charge in [0.05, 0.1) is 0 Å². The Bertz CT molecular complexity index is 711. The van der Waals surface area contributed by atoms with Gasteiger partial charge >= 0.3 is 165 Å². The van der Waals surface area contributed by atoms with Crippen LogP contribution in [0.3, 0.4) is 0 Å². The van der Waals surface area contributed by atoms with Crippen molar-refractivity contribution in [1.29, 1.82) is 0 Å². The molecule has 0 aromatic heterocycles. The van der Waals surface area contributed by atoms with E-state index in [0.29, 0.717) is 35.9 Å². The van der Waals surface area contributed by atoms with Crippen LogP contribution in [0.2, 0.25) is 0 Å². The fourth-order valence-corrected chi connectivity index (χ4v) is 8.65. The number of aliphatic hydroxyl groups is 1. The van der Waals surface area contributed by atoms with E-state index in [1.807, 2.05) is 0 Å². The summed E-state index contributed by atoms with van der Waals surface area (Å²) in [5, 5.41) is 9.35. The van der Waals surface area contributed by atoms with Gasteiger partial charge < -0.3 is 0 Å². The summed E-state index contributed by atoms with van der Waals surface area (Å²) in [5.41, 5.74) is 2.44. The van der Waals surface area contributed by atoms with Crippen molar-refractivity contribution in [3.05, 3.63) is 21.3 Å². The van der Waals surface area contributed by atoms with E-state index in [1.54, 1.807) is 0 Å². The van der Waals surface area contributed by atoms with Crippen LogP contribution in [0.25, 0.3) is 0 Å². The molecule has 1 N–H and O–H groups in total. The number of hydrogen-bond acceptors (Lipinski definition) is 2. The summed E-state index contributed by atoms with van der Waals surface area (Å²) in [6.07, 6.45) is 6.92. The molecule has 4 rings (SSSR count). The molecule has 26 heavy (non-hydrogen) atoms. The SMILES string of the molecule is CC1CC(=O)C([AsH2])=C2CC[C@H]3[C@@H]4CCC(=C(F)CO)[C@@]4(C)CC[C@@H]3[C@]21C. The Hall–Kier alpha value is -0.402. The first-order valence-corrected chi connectivity index (χ1v) is 11.5. The summed E-state index contributed by atoms with van der Waals surface area (Å²) in [6.45, 7) is 6.51. The van der Waals surface area contributed by atoms with Crippen molar-refractivity contribution in [2.45, 2.75) is 65.7 Å². The number of ketones is 1. The second kappa shape index (κ2) is 6.31. The van der Waals surface area contributed by atoms with Crippen LogP contribution in [0, 0.1) is 34.5 Å². The number of Topliss-reactive ketones (excluding diaryl/α,β-unsaturated/α-hetero) is 1. The topological polar surface area (TPSA) is 37.3 Å². The van der Waals surface area contributed by atoms with Crippen LogP contribution in [-0.4, -0.2) is 34.3 Å². The first-order chi connectivity index (χ1) is 12.2. The summed E-state index contributed by atoms with van der Waals surface area (Å²) < 4.78 is 15.5. The van der Waals surface area contributed by atoms with Crippen LogP contribution in [0.4, 0.5) is 4.39 Å². The quantitative estimate of drug-likeness (QED) is 0.650. The summed E-state index contributed by atoms with van der Waals surface area (Å²) in [5.74, 6) is 2.29. The molecule has 144 valence electrons. The van der Waals surface area contributed by atoms with Crippen LogP contribution in [0.15, 0.2) is 21.3 Å². The van der Waals surface area contributed by atoms with E-state index in [1.165, 1.54) is 22.4 Å². The first kappa shape index (κ1) is 18.9. The number of hydrogen-bond donors (Lipinski definition) is 1.